The molecule has 9 nitrogen and oxygen atoms in total. The van der Waals surface area contributed by atoms with E-state index in [9.17, 15) is 21.6 Å². The molecule has 0 radical (unpaired) electrons. The lowest BCUT2D eigenvalue weighted by Gasteiger charge is -2.30. The van der Waals surface area contributed by atoms with Crippen LogP contribution in [0.1, 0.15) is 35.7 Å². The number of ether oxygens (including phenoxy) is 1. The standard InChI is InChI=1S/C27H30ClN3O6S2/c1-18-12-14-31(15-13-18)27(32)24-17-23(10-11-26(24)37-3)39(35,36)29-21-6-8-22(9-7-21)38(33,34)30-25-16-20(28)5-4-19(25)2/h4-11,16-18,29-30H,12-15H2,1-3H3. The van der Waals surface area contributed by atoms with E-state index in [4.69, 9.17) is 16.3 Å². The summed E-state index contributed by atoms with van der Waals surface area (Å²) >= 11 is 5.99. The first-order chi connectivity index (χ1) is 18.4. The van der Waals surface area contributed by atoms with Gasteiger partial charge in [-0.3, -0.25) is 14.2 Å². The fraction of sp³-hybridized carbons (Fsp3) is 0.296. The second-order valence-corrected chi connectivity index (χ2v) is 13.3. The van der Waals surface area contributed by atoms with E-state index in [0.29, 0.717) is 35.3 Å². The number of methoxy groups -OCH3 is 1. The molecule has 0 unspecified atom stereocenters. The van der Waals surface area contributed by atoms with E-state index in [2.05, 4.69) is 16.4 Å². The van der Waals surface area contributed by atoms with Crippen molar-refractivity contribution in [1.82, 2.24) is 4.90 Å². The van der Waals surface area contributed by atoms with Crippen molar-refractivity contribution >= 4 is 48.9 Å². The number of rotatable bonds is 8. The van der Waals surface area contributed by atoms with Crippen LogP contribution in [0.25, 0.3) is 0 Å². The van der Waals surface area contributed by atoms with Crippen LogP contribution in [0.4, 0.5) is 11.4 Å². The summed E-state index contributed by atoms with van der Waals surface area (Å²) in [6.45, 7) is 5.08. The Balaban J connectivity index is 1.53. The summed E-state index contributed by atoms with van der Waals surface area (Å²) in [5.41, 5.74) is 1.36. The van der Waals surface area contributed by atoms with Crippen molar-refractivity contribution < 1.29 is 26.4 Å². The maximum absolute atomic E-state index is 13.2. The molecule has 208 valence electrons. The number of aryl methyl sites for hydroxylation is 1. The Morgan fingerprint density at radius 3 is 2.15 bits per heavy atom. The van der Waals surface area contributed by atoms with Crippen LogP contribution in [0.5, 0.6) is 5.75 Å². The quantitative estimate of drug-likeness (QED) is 0.374. The van der Waals surface area contributed by atoms with Gasteiger partial charge in [-0.1, -0.05) is 24.6 Å². The summed E-state index contributed by atoms with van der Waals surface area (Å²) in [5, 5.41) is 0.386. The van der Waals surface area contributed by atoms with E-state index in [1.807, 2.05) is 0 Å². The number of piperidine rings is 1. The number of carbonyl (C=O) groups excluding carboxylic acids is 1. The number of benzene rings is 3. The molecule has 0 aromatic heterocycles. The van der Waals surface area contributed by atoms with E-state index in [1.54, 1.807) is 24.0 Å². The molecule has 2 N–H and O–H groups in total. The van der Waals surface area contributed by atoms with Crippen molar-refractivity contribution in [3.63, 3.8) is 0 Å². The molecule has 39 heavy (non-hydrogen) atoms. The Bertz CT molecular complexity index is 1580. The first-order valence-electron chi connectivity index (χ1n) is 12.3. The monoisotopic (exact) mass is 591 g/mol. The van der Waals surface area contributed by atoms with Gasteiger partial charge in [0, 0.05) is 23.8 Å². The zero-order valence-corrected chi connectivity index (χ0v) is 24.2. The summed E-state index contributed by atoms with van der Waals surface area (Å²) in [5.74, 6) is 0.535. The lowest BCUT2D eigenvalue weighted by atomic mass is 9.98. The maximum Gasteiger partial charge on any atom is 0.261 e. The number of halogens is 1. The third-order valence-corrected chi connectivity index (χ3v) is 9.64. The molecular weight excluding hydrogens is 562 g/mol. The van der Waals surface area contributed by atoms with Gasteiger partial charge in [-0.25, -0.2) is 16.8 Å². The molecule has 1 saturated heterocycles. The van der Waals surface area contributed by atoms with Gasteiger partial charge in [0.25, 0.3) is 26.0 Å². The van der Waals surface area contributed by atoms with Crippen molar-refractivity contribution in [2.75, 3.05) is 29.6 Å². The van der Waals surface area contributed by atoms with Crippen molar-refractivity contribution in [2.45, 2.75) is 36.5 Å². The Morgan fingerprint density at radius 2 is 1.51 bits per heavy atom. The summed E-state index contributed by atoms with van der Waals surface area (Å²) in [6, 6.07) is 14.3. The second kappa shape index (κ2) is 11.4. The van der Waals surface area contributed by atoms with E-state index in [0.717, 1.165) is 12.8 Å². The number of nitrogens with zero attached hydrogens (tertiary/aromatic N) is 1. The zero-order chi connectivity index (χ0) is 28.4. The highest BCUT2D eigenvalue weighted by Gasteiger charge is 2.26. The third kappa shape index (κ3) is 6.66. The minimum Gasteiger partial charge on any atom is -0.496 e. The van der Waals surface area contributed by atoms with Crippen molar-refractivity contribution in [3.8, 4) is 5.75 Å². The summed E-state index contributed by atoms with van der Waals surface area (Å²) in [4.78, 5) is 14.7. The minimum absolute atomic E-state index is 0.0574. The van der Waals surface area contributed by atoms with Gasteiger partial charge in [-0.2, -0.15) is 0 Å². The highest BCUT2D eigenvalue weighted by Crippen LogP contribution is 2.28. The predicted molar refractivity (Wildman–Crippen MR) is 152 cm³/mol. The summed E-state index contributed by atoms with van der Waals surface area (Å²) in [7, 11) is -6.62. The fourth-order valence-corrected chi connectivity index (χ4v) is 6.61. The molecule has 0 saturated carbocycles. The van der Waals surface area contributed by atoms with E-state index >= 15 is 0 Å². The number of anilines is 2. The van der Waals surface area contributed by atoms with Crippen LogP contribution in [0.15, 0.2) is 70.5 Å². The predicted octanol–water partition coefficient (Wildman–Crippen LogP) is 5.13. The third-order valence-electron chi connectivity index (χ3n) is 6.64. The molecule has 1 amide bonds. The molecule has 4 rings (SSSR count). The second-order valence-electron chi connectivity index (χ2n) is 9.53. The van der Waals surface area contributed by atoms with E-state index in [1.165, 1.54) is 55.6 Å². The van der Waals surface area contributed by atoms with Gasteiger partial charge in [-0.15, -0.1) is 0 Å². The molecule has 0 spiro atoms. The highest BCUT2D eigenvalue weighted by atomic mass is 35.5. The Morgan fingerprint density at radius 1 is 0.897 bits per heavy atom. The van der Waals surface area contributed by atoms with Crippen LogP contribution in [-0.2, 0) is 20.0 Å². The molecule has 3 aromatic rings. The average Bonchev–Trinajstić information content (AvgIpc) is 2.90. The van der Waals surface area contributed by atoms with Gasteiger partial charge in [-0.05, 0) is 85.8 Å². The number of sulfonamides is 2. The smallest absolute Gasteiger partial charge is 0.261 e. The van der Waals surface area contributed by atoms with Crippen molar-refractivity contribution in [2.24, 2.45) is 5.92 Å². The molecule has 1 aliphatic rings. The normalized spacial score (nSPS) is 14.6. The topological polar surface area (TPSA) is 122 Å². The van der Waals surface area contributed by atoms with Crippen LogP contribution < -0.4 is 14.2 Å². The lowest BCUT2D eigenvalue weighted by Crippen LogP contribution is -2.38. The van der Waals surface area contributed by atoms with Crippen LogP contribution in [0.2, 0.25) is 5.02 Å². The van der Waals surface area contributed by atoms with E-state index in [-0.39, 0.29) is 32.7 Å². The molecule has 12 heteroatoms. The van der Waals surface area contributed by atoms with Gasteiger partial charge < -0.3 is 9.64 Å². The van der Waals surface area contributed by atoms with Gasteiger partial charge in [0.05, 0.1) is 28.2 Å². The van der Waals surface area contributed by atoms with Gasteiger partial charge >= 0.3 is 0 Å². The van der Waals surface area contributed by atoms with Crippen molar-refractivity contribution in [1.29, 1.82) is 0 Å². The average molecular weight is 592 g/mol. The number of amides is 1. The Hall–Kier alpha value is -3.28. The molecule has 1 fully saturated rings. The van der Waals surface area contributed by atoms with E-state index < -0.39 is 20.0 Å². The van der Waals surface area contributed by atoms with Crippen LogP contribution in [0.3, 0.4) is 0 Å². The maximum atomic E-state index is 13.2. The largest absolute Gasteiger partial charge is 0.496 e. The highest BCUT2D eigenvalue weighted by molar-refractivity contribution is 7.93. The lowest BCUT2D eigenvalue weighted by molar-refractivity contribution is 0.0693. The van der Waals surface area contributed by atoms with Crippen LogP contribution in [0, 0.1) is 12.8 Å². The molecule has 1 heterocycles. The molecule has 0 aliphatic carbocycles. The first-order valence-corrected chi connectivity index (χ1v) is 15.6. The van der Waals surface area contributed by atoms with Crippen LogP contribution in [-0.4, -0.2) is 47.8 Å². The number of hydrogen-bond donors (Lipinski definition) is 2. The Kier molecular flexibility index (Phi) is 8.43. The minimum atomic E-state index is -4.10. The SMILES string of the molecule is COc1ccc(S(=O)(=O)Nc2ccc(S(=O)(=O)Nc3cc(Cl)ccc3C)cc2)cc1C(=O)N1CCC(C)CC1. The zero-order valence-electron chi connectivity index (χ0n) is 21.8. The number of nitrogens with one attached hydrogen (secondary N) is 2. The van der Waals surface area contributed by atoms with Gasteiger partial charge in [0.15, 0.2) is 0 Å². The molecule has 0 bridgehead atoms. The molecule has 3 aromatic carbocycles. The molecule has 0 atom stereocenters. The first kappa shape index (κ1) is 28.7. The summed E-state index contributed by atoms with van der Waals surface area (Å²) < 4.78 is 62.3. The number of likely N-dealkylation sites (tertiary alicyclic amines) is 1. The van der Waals surface area contributed by atoms with Gasteiger partial charge in [0.2, 0.25) is 0 Å². The Labute approximate surface area is 234 Å². The molecular formula is C27H30ClN3O6S2. The van der Waals surface area contributed by atoms with Crippen molar-refractivity contribution in [3.05, 3.63) is 76.8 Å². The van der Waals surface area contributed by atoms with Gasteiger partial charge in [0.1, 0.15) is 5.75 Å². The molecule has 1 aliphatic heterocycles. The summed E-state index contributed by atoms with van der Waals surface area (Å²) in [6.07, 6.45) is 1.76. The number of carbonyl (C=O) groups is 1. The number of hydrogen-bond acceptors (Lipinski definition) is 6. The fourth-order valence-electron chi connectivity index (χ4n) is 4.23. The van der Waals surface area contributed by atoms with Crippen LogP contribution >= 0.6 is 11.6 Å².